The zero-order valence-corrected chi connectivity index (χ0v) is 17.9. The number of tetrazole rings is 1. The summed E-state index contributed by atoms with van der Waals surface area (Å²) in [4.78, 5) is 19.5. The minimum absolute atomic E-state index is 0.179. The third-order valence-electron chi connectivity index (χ3n) is 5.97. The Balaban J connectivity index is 1.15. The third kappa shape index (κ3) is 4.02. The second-order valence-electron chi connectivity index (χ2n) is 7.81. The van der Waals surface area contributed by atoms with E-state index in [1.54, 1.807) is 11.3 Å². The predicted octanol–water partition coefficient (Wildman–Crippen LogP) is 3.90. The summed E-state index contributed by atoms with van der Waals surface area (Å²) in [6, 6.07) is 8.70. The van der Waals surface area contributed by atoms with Gasteiger partial charge in [0.1, 0.15) is 0 Å². The summed E-state index contributed by atoms with van der Waals surface area (Å²) in [7, 11) is 0. The van der Waals surface area contributed by atoms with E-state index in [0.717, 1.165) is 49.4 Å². The van der Waals surface area contributed by atoms with Crippen molar-refractivity contribution in [3.63, 3.8) is 0 Å². The largest absolute Gasteiger partial charge is 0.342 e. The Hall–Kier alpha value is -2.00. The van der Waals surface area contributed by atoms with Crippen LogP contribution in [0.5, 0.6) is 0 Å². The highest BCUT2D eigenvalue weighted by Gasteiger charge is 2.27. The van der Waals surface area contributed by atoms with Gasteiger partial charge in [0.15, 0.2) is 0 Å². The molecule has 0 spiro atoms. The number of aromatic nitrogens is 5. The van der Waals surface area contributed by atoms with Crippen molar-refractivity contribution in [2.75, 3.05) is 18.8 Å². The molecule has 152 valence electrons. The number of nitrogens with zero attached hydrogens (tertiary/aromatic N) is 6. The maximum absolute atomic E-state index is 12.7. The lowest BCUT2D eigenvalue weighted by Crippen LogP contribution is -2.39. The highest BCUT2D eigenvalue weighted by Crippen LogP contribution is 2.34. The van der Waals surface area contributed by atoms with Crippen molar-refractivity contribution in [1.29, 1.82) is 0 Å². The number of carbonyl (C=O) groups is 1. The molecule has 0 radical (unpaired) electrons. The standard InChI is InChI=1S/C20H24N6OS2/c27-18(13-28-20-22-23-24-26(20)15-5-1-2-6-15)25-11-9-14(10-12-25)19-21-16-7-3-4-8-17(16)29-19/h3-4,7-8,14-15H,1-2,5-6,9-13H2. The maximum atomic E-state index is 12.7. The third-order valence-corrected chi connectivity index (χ3v) is 8.08. The molecule has 2 fully saturated rings. The summed E-state index contributed by atoms with van der Waals surface area (Å²) in [5.41, 5.74) is 1.09. The van der Waals surface area contributed by atoms with Gasteiger partial charge in [-0.25, -0.2) is 9.67 Å². The quantitative estimate of drug-likeness (QED) is 0.574. The van der Waals surface area contributed by atoms with E-state index < -0.39 is 0 Å². The van der Waals surface area contributed by atoms with E-state index in [9.17, 15) is 4.79 Å². The summed E-state index contributed by atoms with van der Waals surface area (Å²) in [6.45, 7) is 1.60. The number of thiazole rings is 1. The number of carbonyl (C=O) groups excluding carboxylic acids is 1. The Morgan fingerprint density at radius 2 is 1.93 bits per heavy atom. The number of thioether (sulfide) groups is 1. The SMILES string of the molecule is O=C(CSc1nnnn1C1CCCC1)N1CCC(c2nc3ccccc3s2)CC1. The molecule has 1 amide bonds. The molecule has 3 aromatic rings. The number of benzene rings is 1. The molecule has 3 heterocycles. The first-order chi connectivity index (χ1) is 14.3. The van der Waals surface area contributed by atoms with E-state index in [1.807, 2.05) is 15.6 Å². The number of likely N-dealkylation sites (tertiary alicyclic amines) is 1. The molecule has 2 aromatic heterocycles. The Labute approximate surface area is 177 Å². The Bertz CT molecular complexity index is 955. The van der Waals surface area contributed by atoms with Crippen molar-refractivity contribution >= 4 is 39.2 Å². The van der Waals surface area contributed by atoms with Crippen LogP contribution in [0, 0.1) is 0 Å². The van der Waals surface area contributed by atoms with E-state index in [-0.39, 0.29) is 5.91 Å². The average Bonchev–Trinajstić information content (AvgIpc) is 3.52. The molecule has 1 aliphatic heterocycles. The van der Waals surface area contributed by atoms with Gasteiger partial charge in [0.2, 0.25) is 11.1 Å². The Kier molecular flexibility index (Phi) is 5.50. The van der Waals surface area contributed by atoms with Crippen molar-refractivity contribution in [1.82, 2.24) is 30.1 Å². The number of para-hydroxylation sites is 1. The van der Waals surface area contributed by atoms with Gasteiger partial charge in [0.25, 0.3) is 0 Å². The number of hydrogen-bond acceptors (Lipinski definition) is 7. The van der Waals surface area contributed by atoms with Crippen molar-refractivity contribution in [3.8, 4) is 0 Å². The van der Waals surface area contributed by atoms with Crippen molar-refractivity contribution in [2.45, 2.75) is 55.6 Å². The van der Waals surface area contributed by atoms with Gasteiger partial charge in [0, 0.05) is 19.0 Å². The van der Waals surface area contributed by atoms with Crippen LogP contribution >= 0.6 is 23.1 Å². The molecule has 7 nitrogen and oxygen atoms in total. The summed E-state index contributed by atoms with van der Waals surface area (Å²) in [6.07, 6.45) is 6.69. The lowest BCUT2D eigenvalue weighted by atomic mass is 9.97. The fraction of sp³-hybridized carbons (Fsp3) is 0.550. The Morgan fingerprint density at radius 3 is 2.72 bits per heavy atom. The molecule has 1 saturated heterocycles. The van der Waals surface area contributed by atoms with Gasteiger partial charge in [-0.3, -0.25) is 4.79 Å². The number of fused-ring (bicyclic) bond motifs is 1. The second kappa shape index (κ2) is 8.39. The molecule has 5 rings (SSSR count). The molecule has 0 unspecified atom stereocenters. The van der Waals surface area contributed by atoms with Crippen LogP contribution in [0.1, 0.15) is 55.5 Å². The molecule has 0 N–H and O–H groups in total. The molecule has 2 aliphatic rings. The molecule has 1 aliphatic carbocycles. The molecule has 9 heteroatoms. The number of rotatable bonds is 5. The summed E-state index contributed by atoms with van der Waals surface area (Å²) in [5, 5.41) is 14.1. The van der Waals surface area contributed by atoms with Crippen LogP contribution in [-0.4, -0.2) is 54.8 Å². The molecule has 1 saturated carbocycles. The molecule has 1 aromatic carbocycles. The number of hydrogen-bond donors (Lipinski definition) is 0. The first-order valence-electron chi connectivity index (χ1n) is 10.3. The summed E-state index contributed by atoms with van der Waals surface area (Å²) >= 11 is 3.26. The Morgan fingerprint density at radius 1 is 1.14 bits per heavy atom. The van der Waals surface area contributed by atoms with Crippen LogP contribution in [0.3, 0.4) is 0 Å². The molecule has 0 bridgehead atoms. The first kappa shape index (κ1) is 19.0. The van der Waals surface area contributed by atoms with Gasteiger partial charge < -0.3 is 4.90 Å². The minimum Gasteiger partial charge on any atom is -0.342 e. The monoisotopic (exact) mass is 428 g/mol. The van der Waals surface area contributed by atoms with Crippen LogP contribution in [0.25, 0.3) is 10.2 Å². The van der Waals surface area contributed by atoms with Crippen LogP contribution in [0.15, 0.2) is 29.4 Å². The van der Waals surface area contributed by atoms with Gasteiger partial charge in [-0.15, -0.1) is 16.4 Å². The zero-order valence-electron chi connectivity index (χ0n) is 16.2. The van der Waals surface area contributed by atoms with Gasteiger partial charge in [0.05, 0.1) is 27.0 Å². The molecule has 0 atom stereocenters. The van der Waals surface area contributed by atoms with E-state index in [2.05, 4.69) is 33.7 Å². The average molecular weight is 429 g/mol. The highest BCUT2D eigenvalue weighted by atomic mass is 32.2. The topological polar surface area (TPSA) is 76.8 Å². The molecular formula is C20H24N6OS2. The fourth-order valence-electron chi connectivity index (χ4n) is 4.32. The first-order valence-corrected chi connectivity index (χ1v) is 12.1. The molecular weight excluding hydrogens is 404 g/mol. The van der Waals surface area contributed by atoms with E-state index >= 15 is 0 Å². The lowest BCUT2D eigenvalue weighted by molar-refractivity contribution is -0.129. The number of piperidine rings is 1. The normalized spacial score (nSPS) is 18.7. The van der Waals surface area contributed by atoms with E-state index in [1.165, 1.54) is 34.3 Å². The van der Waals surface area contributed by atoms with Gasteiger partial charge in [-0.1, -0.05) is 36.7 Å². The number of amides is 1. The smallest absolute Gasteiger partial charge is 0.233 e. The van der Waals surface area contributed by atoms with Crippen molar-refractivity contribution < 1.29 is 4.79 Å². The second-order valence-corrected chi connectivity index (χ2v) is 9.81. The van der Waals surface area contributed by atoms with Crippen LogP contribution in [0.2, 0.25) is 0 Å². The minimum atomic E-state index is 0.179. The zero-order chi connectivity index (χ0) is 19.6. The van der Waals surface area contributed by atoms with Crippen molar-refractivity contribution in [3.05, 3.63) is 29.3 Å². The molecule has 29 heavy (non-hydrogen) atoms. The van der Waals surface area contributed by atoms with Gasteiger partial charge in [-0.05, 0) is 48.2 Å². The fourth-order valence-corrected chi connectivity index (χ4v) is 6.30. The van der Waals surface area contributed by atoms with Crippen LogP contribution < -0.4 is 0 Å². The predicted molar refractivity (Wildman–Crippen MR) is 114 cm³/mol. The van der Waals surface area contributed by atoms with Gasteiger partial charge in [-0.2, -0.15) is 0 Å². The van der Waals surface area contributed by atoms with Crippen molar-refractivity contribution in [2.24, 2.45) is 0 Å². The van der Waals surface area contributed by atoms with Crippen LogP contribution in [0.4, 0.5) is 0 Å². The van der Waals surface area contributed by atoms with Crippen LogP contribution in [-0.2, 0) is 4.79 Å². The highest BCUT2D eigenvalue weighted by molar-refractivity contribution is 7.99. The summed E-state index contributed by atoms with van der Waals surface area (Å²) in [5.74, 6) is 1.04. The maximum Gasteiger partial charge on any atom is 0.233 e. The van der Waals surface area contributed by atoms with E-state index in [0.29, 0.717) is 17.7 Å². The summed E-state index contributed by atoms with van der Waals surface area (Å²) < 4.78 is 3.17. The van der Waals surface area contributed by atoms with E-state index in [4.69, 9.17) is 4.98 Å². The van der Waals surface area contributed by atoms with Gasteiger partial charge >= 0.3 is 0 Å². The lowest BCUT2D eigenvalue weighted by Gasteiger charge is -2.31.